The van der Waals surface area contributed by atoms with Gasteiger partial charge in [-0.15, -0.1) is 0 Å². The largest absolute Gasteiger partial charge is 0.623 e. The lowest BCUT2D eigenvalue weighted by Crippen LogP contribution is -2.30. The molecule has 22 heavy (non-hydrogen) atoms. The third kappa shape index (κ3) is 5.95. The normalized spacial score (nSPS) is 13.5. The van der Waals surface area contributed by atoms with E-state index in [4.69, 9.17) is 0 Å². The molecule has 0 atom stereocenters. The SMILES string of the molecule is CN(C)/C=C(/C=[N+](\[O-])C(C)(C)C)C(=O)/C=C/c1ccccc1. The minimum atomic E-state index is -0.588. The van der Waals surface area contributed by atoms with Crippen molar-refractivity contribution in [1.29, 1.82) is 0 Å². The fourth-order valence-electron chi connectivity index (χ4n) is 1.59. The van der Waals surface area contributed by atoms with Gasteiger partial charge in [0, 0.05) is 41.1 Å². The van der Waals surface area contributed by atoms with Crippen LogP contribution >= 0.6 is 0 Å². The number of ketones is 1. The predicted octanol–water partition coefficient (Wildman–Crippen LogP) is 3.09. The topological polar surface area (TPSA) is 46.4 Å². The standard InChI is InChI=1S/C18H24N2O2/c1-18(2,3)20(22)14-16(13-19(4)5)17(21)12-11-15-9-7-6-8-10-15/h6-14H,1-5H3/b12-11+,16-13-,20-14-. The molecule has 1 rings (SSSR count). The average molecular weight is 300 g/mol. The van der Waals surface area contributed by atoms with Gasteiger partial charge in [-0.1, -0.05) is 36.4 Å². The Balaban J connectivity index is 3.03. The van der Waals surface area contributed by atoms with Gasteiger partial charge in [-0.3, -0.25) is 4.79 Å². The number of hydroxylamine groups is 1. The second-order valence-electron chi connectivity index (χ2n) is 6.28. The molecule has 4 nitrogen and oxygen atoms in total. The van der Waals surface area contributed by atoms with Crippen LogP contribution in [0.2, 0.25) is 0 Å². The zero-order valence-corrected chi connectivity index (χ0v) is 13.9. The highest BCUT2D eigenvalue weighted by atomic mass is 16.5. The van der Waals surface area contributed by atoms with Gasteiger partial charge in [0.15, 0.2) is 17.5 Å². The van der Waals surface area contributed by atoms with Crippen molar-refractivity contribution >= 4 is 18.1 Å². The Morgan fingerprint density at radius 3 is 2.27 bits per heavy atom. The van der Waals surface area contributed by atoms with Crippen LogP contribution in [0.5, 0.6) is 0 Å². The Bertz CT molecular complexity index is 591. The molecule has 4 heteroatoms. The van der Waals surface area contributed by atoms with Gasteiger partial charge in [0.1, 0.15) is 5.57 Å². The molecular weight excluding hydrogens is 276 g/mol. The van der Waals surface area contributed by atoms with Gasteiger partial charge in [-0.05, 0) is 11.6 Å². The van der Waals surface area contributed by atoms with Gasteiger partial charge < -0.3 is 10.1 Å². The molecule has 0 saturated carbocycles. The van der Waals surface area contributed by atoms with Crippen LogP contribution in [-0.4, -0.2) is 41.3 Å². The van der Waals surface area contributed by atoms with E-state index in [-0.39, 0.29) is 5.78 Å². The summed E-state index contributed by atoms with van der Waals surface area (Å²) in [5, 5.41) is 12.1. The summed E-state index contributed by atoms with van der Waals surface area (Å²) >= 11 is 0. The molecule has 0 fully saturated rings. The molecule has 1 aromatic carbocycles. The quantitative estimate of drug-likeness (QED) is 0.276. The summed E-state index contributed by atoms with van der Waals surface area (Å²) in [5.74, 6) is -0.206. The monoisotopic (exact) mass is 300 g/mol. The summed E-state index contributed by atoms with van der Waals surface area (Å²) in [6.07, 6.45) is 6.22. The van der Waals surface area contributed by atoms with Crippen LogP contribution in [0.1, 0.15) is 26.3 Å². The van der Waals surface area contributed by atoms with E-state index >= 15 is 0 Å². The molecule has 0 amide bonds. The number of carbonyl (C=O) groups excluding carboxylic acids is 1. The van der Waals surface area contributed by atoms with E-state index in [0.717, 1.165) is 10.3 Å². The van der Waals surface area contributed by atoms with E-state index in [1.54, 1.807) is 37.9 Å². The van der Waals surface area contributed by atoms with Crippen molar-refractivity contribution in [1.82, 2.24) is 4.90 Å². The highest BCUT2D eigenvalue weighted by molar-refractivity contribution is 6.18. The predicted molar refractivity (Wildman–Crippen MR) is 91.7 cm³/mol. The van der Waals surface area contributed by atoms with Crippen LogP contribution in [0.25, 0.3) is 6.08 Å². The zero-order chi connectivity index (χ0) is 16.8. The minimum absolute atomic E-state index is 0.206. The third-order valence-electron chi connectivity index (χ3n) is 2.83. The van der Waals surface area contributed by atoms with Gasteiger partial charge in [0.05, 0.1) is 0 Å². The summed E-state index contributed by atoms with van der Waals surface area (Å²) < 4.78 is 0.802. The maximum absolute atomic E-state index is 12.3. The van der Waals surface area contributed by atoms with Gasteiger partial charge in [-0.2, -0.15) is 0 Å². The molecule has 0 aliphatic carbocycles. The maximum atomic E-state index is 12.3. The summed E-state index contributed by atoms with van der Waals surface area (Å²) in [6.45, 7) is 5.40. The number of rotatable bonds is 5. The van der Waals surface area contributed by atoms with Crippen LogP contribution in [0.3, 0.4) is 0 Å². The highest BCUT2D eigenvalue weighted by Gasteiger charge is 2.20. The van der Waals surface area contributed by atoms with Crippen molar-refractivity contribution in [2.24, 2.45) is 0 Å². The first kappa shape index (κ1) is 17.7. The molecule has 0 aliphatic heterocycles. The Morgan fingerprint density at radius 2 is 1.77 bits per heavy atom. The molecule has 0 unspecified atom stereocenters. The molecule has 0 spiro atoms. The van der Waals surface area contributed by atoms with Crippen LogP contribution in [0.4, 0.5) is 0 Å². The lowest BCUT2D eigenvalue weighted by atomic mass is 10.1. The highest BCUT2D eigenvalue weighted by Crippen LogP contribution is 2.08. The second kappa shape index (κ2) is 7.59. The Hall–Kier alpha value is -2.36. The first-order valence-corrected chi connectivity index (χ1v) is 7.17. The third-order valence-corrected chi connectivity index (χ3v) is 2.83. The molecular formula is C18H24N2O2. The Kier molecular flexibility index (Phi) is 6.11. The van der Waals surface area contributed by atoms with E-state index < -0.39 is 5.54 Å². The number of hydrogen-bond acceptors (Lipinski definition) is 3. The molecule has 0 bridgehead atoms. The number of benzene rings is 1. The van der Waals surface area contributed by atoms with Gasteiger partial charge >= 0.3 is 0 Å². The number of carbonyl (C=O) groups is 1. The van der Waals surface area contributed by atoms with Gasteiger partial charge in [-0.25, -0.2) is 4.74 Å². The van der Waals surface area contributed by atoms with Crippen molar-refractivity contribution in [2.45, 2.75) is 26.3 Å². The van der Waals surface area contributed by atoms with Crippen LogP contribution in [0.15, 0.2) is 48.2 Å². The van der Waals surface area contributed by atoms with Crippen LogP contribution in [-0.2, 0) is 4.79 Å². The lowest BCUT2D eigenvalue weighted by molar-refractivity contribution is -0.530. The number of nitrogens with zero attached hydrogens (tertiary/aromatic N) is 2. The van der Waals surface area contributed by atoms with Gasteiger partial charge in [0.25, 0.3) is 0 Å². The van der Waals surface area contributed by atoms with Crippen molar-refractivity contribution in [3.8, 4) is 0 Å². The van der Waals surface area contributed by atoms with Crippen LogP contribution < -0.4 is 0 Å². The summed E-state index contributed by atoms with van der Waals surface area (Å²) in [6, 6.07) is 9.57. The Morgan fingerprint density at radius 1 is 1.18 bits per heavy atom. The molecule has 0 heterocycles. The van der Waals surface area contributed by atoms with Crippen molar-refractivity contribution in [2.75, 3.05) is 14.1 Å². The minimum Gasteiger partial charge on any atom is -0.623 e. The number of allylic oxidation sites excluding steroid dienone is 2. The first-order valence-electron chi connectivity index (χ1n) is 7.17. The zero-order valence-electron chi connectivity index (χ0n) is 13.9. The molecule has 0 radical (unpaired) electrons. The van der Waals surface area contributed by atoms with Crippen molar-refractivity contribution < 1.29 is 9.53 Å². The van der Waals surface area contributed by atoms with Crippen LogP contribution in [0, 0.1) is 5.21 Å². The van der Waals surface area contributed by atoms with E-state index in [9.17, 15) is 10.0 Å². The van der Waals surface area contributed by atoms with Crippen molar-refractivity contribution in [3.63, 3.8) is 0 Å². The maximum Gasteiger partial charge on any atom is 0.193 e. The first-order chi connectivity index (χ1) is 10.2. The Labute approximate surface area is 132 Å². The molecule has 118 valence electrons. The molecule has 0 saturated heterocycles. The molecule has 1 aromatic rings. The fourth-order valence-corrected chi connectivity index (χ4v) is 1.59. The van der Waals surface area contributed by atoms with E-state index in [1.807, 2.05) is 44.4 Å². The molecule has 0 aliphatic rings. The van der Waals surface area contributed by atoms with E-state index in [1.165, 1.54) is 12.3 Å². The number of hydrogen-bond donors (Lipinski definition) is 0. The van der Waals surface area contributed by atoms with Gasteiger partial charge in [0.2, 0.25) is 0 Å². The van der Waals surface area contributed by atoms with E-state index in [0.29, 0.717) is 5.57 Å². The molecule has 0 N–H and O–H groups in total. The average Bonchev–Trinajstić information content (AvgIpc) is 2.43. The van der Waals surface area contributed by atoms with E-state index in [2.05, 4.69) is 0 Å². The smallest absolute Gasteiger partial charge is 0.193 e. The lowest BCUT2D eigenvalue weighted by Gasteiger charge is -2.19. The van der Waals surface area contributed by atoms with Crippen molar-refractivity contribution in [3.05, 3.63) is 59.0 Å². The molecule has 0 aromatic heterocycles. The summed E-state index contributed by atoms with van der Waals surface area (Å²) in [4.78, 5) is 14.1. The fraction of sp³-hybridized carbons (Fsp3) is 0.333. The summed E-state index contributed by atoms with van der Waals surface area (Å²) in [7, 11) is 3.63. The second-order valence-corrected chi connectivity index (χ2v) is 6.28. The summed E-state index contributed by atoms with van der Waals surface area (Å²) in [5.41, 5.74) is 0.700.